The summed E-state index contributed by atoms with van der Waals surface area (Å²) in [4.78, 5) is 24.1. The molecule has 2 aromatic rings. The van der Waals surface area contributed by atoms with Crippen molar-refractivity contribution in [3.8, 4) is 0 Å². The van der Waals surface area contributed by atoms with Gasteiger partial charge in [-0.2, -0.15) is 0 Å². The average molecular weight is 318 g/mol. The summed E-state index contributed by atoms with van der Waals surface area (Å²) in [5.41, 5.74) is -1.14. The first kappa shape index (κ1) is 14.6. The van der Waals surface area contributed by atoms with Crippen LogP contribution in [0.4, 0.5) is 5.69 Å². The number of furan rings is 1. The van der Waals surface area contributed by atoms with Gasteiger partial charge < -0.3 is 14.8 Å². The number of benzene rings is 1. The van der Waals surface area contributed by atoms with Crippen LogP contribution >= 0.6 is 11.6 Å². The van der Waals surface area contributed by atoms with Crippen LogP contribution in [0.5, 0.6) is 0 Å². The Morgan fingerprint density at radius 1 is 1.41 bits per heavy atom. The summed E-state index contributed by atoms with van der Waals surface area (Å²) >= 11 is 5.90. The van der Waals surface area contributed by atoms with Crippen LogP contribution < -0.4 is 5.32 Å². The molecule has 2 N–H and O–H groups in total. The summed E-state index contributed by atoms with van der Waals surface area (Å²) in [6.45, 7) is 0. The van der Waals surface area contributed by atoms with Crippen LogP contribution in [-0.4, -0.2) is 16.8 Å². The molecule has 22 heavy (non-hydrogen) atoms. The maximum atomic E-state index is 12.0. The highest BCUT2D eigenvalue weighted by Crippen LogP contribution is 2.39. The first-order valence-corrected chi connectivity index (χ1v) is 6.95. The molecule has 0 saturated carbocycles. The molecule has 0 spiro atoms. The number of halogens is 1. The smallest absolute Gasteiger partial charge is 0.261 e. The van der Waals surface area contributed by atoms with Crippen LogP contribution in [0.2, 0.25) is 5.02 Å². The number of carbonyl (C=O) groups excluding carboxylic acids is 2. The maximum absolute atomic E-state index is 12.0. The van der Waals surface area contributed by atoms with Crippen molar-refractivity contribution in [2.24, 2.45) is 0 Å². The molecule has 1 amide bonds. The van der Waals surface area contributed by atoms with E-state index in [9.17, 15) is 14.7 Å². The fourth-order valence-electron chi connectivity index (χ4n) is 2.36. The molecule has 2 heterocycles. The minimum absolute atomic E-state index is 0.310. The number of ketones is 1. The van der Waals surface area contributed by atoms with E-state index in [1.54, 1.807) is 24.3 Å². The quantitative estimate of drug-likeness (QED) is 0.850. The lowest BCUT2D eigenvalue weighted by Crippen LogP contribution is -2.36. The number of hydrogen-bond acceptors (Lipinski definition) is 4. The van der Waals surface area contributed by atoms with E-state index in [1.165, 1.54) is 24.5 Å². The monoisotopic (exact) mass is 317 g/mol. The van der Waals surface area contributed by atoms with Crippen LogP contribution in [-0.2, 0) is 15.2 Å². The van der Waals surface area contributed by atoms with Crippen molar-refractivity contribution in [1.29, 1.82) is 0 Å². The zero-order valence-corrected chi connectivity index (χ0v) is 12.1. The van der Waals surface area contributed by atoms with E-state index >= 15 is 0 Å². The molecule has 0 saturated heterocycles. The number of carbonyl (C=O) groups is 2. The molecule has 0 aliphatic carbocycles. The van der Waals surface area contributed by atoms with Crippen molar-refractivity contribution in [1.82, 2.24) is 0 Å². The minimum Gasteiger partial charge on any atom is -0.465 e. The van der Waals surface area contributed by atoms with Gasteiger partial charge in [-0.1, -0.05) is 11.6 Å². The number of fused-ring (bicyclic) bond motifs is 1. The van der Waals surface area contributed by atoms with Crippen molar-refractivity contribution < 1.29 is 19.1 Å². The highest BCUT2D eigenvalue weighted by molar-refractivity contribution is 6.31. The van der Waals surface area contributed by atoms with Gasteiger partial charge in [0.1, 0.15) is 5.76 Å². The minimum atomic E-state index is -1.91. The summed E-state index contributed by atoms with van der Waals surface area (Å²) in [6.07, 6.45) is 3.87. The molecule has 1 unspecified atom stereocenters. The molecule has 1 aromatic carbocycles. The predicted octanol–water partition coefficient (Wildman–Crippen LogP) is 2.75. The maximum Gasteiger partial charge on any atom is 0.261 e. The molecule has 112 valence electrons. The third-order valence-electron chi connectivity index (χ3n) is 3.46. The molecule has 3 rings (SSSR count). The third kappa shape index (κ3) is 2.56. The number of nitrogens with one attached hydrogen (secondary N) is 1. The average Bonchev–Trinajstić information content (AvgIpc) is 3.06. The Bertz CT molecular complexity index is 766. The molecule has 5 nitrogen and oxygen atoms in total. The van der Waals surface area contributed by atoms with Gasteiger partial charge in [-0.3, -0.25) is 9.59 Å². The predicted molar refractivity (Wildman–Crippen MR) is 81.3 cm³/mol. The van der Waals surface area contributed by atoms with Crippen LogP contribution in [0.1, 0.15) is 17.7 Å². The number of amides is 1. The van der Waals surface area contributed by atoms with E-state index in [4.69, 9.17) is 16.0 Å². The van der Waals surface area contributed by atoms with Crippen molar-refractivity contribution in [3.05, 3.63) is 59.0 Å². The number of anilines is 1. The van der Waals surface area contributed by atoms with E-state index in [0.717, 1.165) is 0 Å². The molecule has 1 atom stereocenters. The van der Waals surface area contributed by atoms with Crippen LogP contribution in [0, 0.1) is 0 Å². The molecule has 1 aliphatic rings. The Morgan fingerprint density at radius 2 is 2.23 bits per heavy atom. The molecule has 1 aromatic heterocycles. The molecule has 0 radical (unpaired) electrons. The first-order valence-electron chi connectivity index (χ1n) is 6.57. The van der Waals surface area contributed by atoms with E-state index in [-0.39, 0.29) is 6.42 Å². The lowest BCUT2D eigenvalue weighted by molar-refractivity contribution is -0.138. The van der Waals surface area contributed by atoms with E-state index in [0.29, 0.717) is 22.0 Å². The van der Waals surface area contributed by atoms with Crippen molar-refractivity contribution in [2.75, 3.05) is 5.32 Å². The van der Waals surface area contributed by atoms with Gasteiger partial charge in [0.15, 0.2) is 11.4 Å². The number of rotatable bonds is 4. The van der Waals surface area contributed by atoms with Gasteiger partial charge in [-0.05, 0) is 42.5 Å². The number of allylic oxidation sites excluding steroid dienone is 1. The second-order valence-electron chi connectivity index (χ2n) is 5.00. The van der Waals surface area contributed by atoms with Crippen LogP contribution in [0.3, 0.4) is 0 Å². The lowest BCUT2D eigenvalue weighted by atomic mass is 9.90. The van der Waals surface area contributed by atoms with Gasteiger partial charge in [0.05, 0.1) is 12.7 Å². The molecular weight excluding hydrogens is 306 g/mol. The Morgan fingerprint density at radius 3 is 2.95 bits per heavy atom. The van der Waals surface area contributed by atoms with Gasteiger partial charge >= 0.3 is 0 Å². The van der Waals surface area contributed by atoms with Crippen molar-refractivity contribution >= 4 is 35.1 Å². The van der Waals surface area contributed by atoms with Gasteiger partial charge in [0.2, 0.25) is 0 Å². The second kappa shape index (κ2) is 5.44. The van der Waals surface area contributed by atoms with E-state index < -0.39 is 17.3 Å². The van der Waals surface area contributed by atoms with Gasteiger partial charge in [-0.15, -0.1) is 0 Å². The first-order chi connectivity index (χ1) is 10.5. The fourth-order valence-corrected chi connectivity index (χ4v) is 2.54. The number of hydrogen-bond donors (Lipinski definition) is 2. The zero-order valence-electron chi connectivity index (χ0n) is 11.4. The second-order valence-corrected chi connectivity index (χ2v) is 5.43. The molecule has 0 fully saturated rings. The molecular formula is C16H12ClNO4. The number of aliphatic hydroxyl groups is 1. The van der Waals surface area contributed by atoms with Gasteiger partial charge in [-0.25, -0.2) is 0 Å². The lowest BCUT2D eigenvalue weighted by Gasteiger charge is -2.19. The molecule has 1 aliphatic heterocycles. The summed E-state index contributed by atoms with van der Waals surface area (Å²) in [7, 11) is 0. The highest BCUT2D eigenvalue weighted by Gasteiger charge is 2.46. The zero-order chi connectivity index (χ0) is 15.7. The summed E-state index contributed by atoms with van der Waals surface area (Å²) < 4.78 is 5.07. The largest absolute Gasteiger partial charge is 0.465 e. The normalized spacial score (nSPS) is 20.2. The van der Waals surface area contributed by atoms with Gasteiger partial charge in [0.25, 0.3) is 5.91 Å². The Balaban J connectivity index is 1.83. The summed E-state index contributed by atoms with van der Waals surface area (Å²) in [5.74, 6) is -0.522. The Kier molecular flexibility index (Phi) is 3.60. The standard InChI is InChI=1S/C16H12ClNO4/c17-10-3-6-14-13(8-10)16(21,15(20)18-14)9-11(19)4-5-12-2-1-7-22-12/h1-8,21H,9H2,(H,18,20). The molecule has 6 heteroatoms. The summed E-state index contributed by atoms with van der Waals surface area (Å²) in [5, 5.41) is 13.5. The van der Waals surface area contributed by atoms with Crippen LogP contribution in [0.15, 0.2) is 47.1 Å². The Hall–Kier alpha value is -2.37. The van der Waals surface area contributed by atoms with E-state index in [2.05, 4.69) is 5.32 Å². The third-order valence-corrected chi connectivity index (χ3v) is 3.69. The summed E-state index contributed by atoms with van der Waals surface area (Å²) in [6, 6.07) is 8.07. The fraction of sp³-hybridized carbons (Fsp3) is 0.125. The topological polar surface area (TPSA) is 79.5 Å². The van der Waals surface area contributed by atoms with Crippen LogP contribution in [0.25, 0.3) is 6.08 Å². The SMILES string of the molecule is O=C(C=Cc1ccco1)CC1(O)C(=O)Nc2ccc(Cl)cc21. The van der Waals surface area contributed by atoms with Crippen molar-refractivity contribution in [3.63, 3.8) is 0 Å². The van der Waals surface area contributed by atoms with E-state index in [1.807, 2.05) is 0 Å². The Labute approximate surface area is 131 Å². The van der Waals surface area contributed by atoms with Crippen molar-refractivity contribution in [2.45, 2.75) is 12.0 Å². The highest BCUT2D eigenvalue weighted by atomic mass is 35.5. The van der Waals surface area contributed by atoms with Gasteiger partial charge in [0, 0.05) is 16.3 Å². The molecule has 0 bridgehead atoms.